The molecule has 28 heavy (non-hydrogen) atoms. The van der Waals surface area contributed by atoms with Crippen LogP contribution in [0.4, 0.5) is 0 Å². The molecule has 162 valence electrons. The number of carbonyl (C=O) groups excluding carboxylic acids is 2. The van der Waals surface area contributed by atoms with Gasteiger partial charge in [-0.1, -0.05) is 23.5 Å². The lowest BCUT2D eigenvalue weighted by atomic mass is 10.3. The Morgan fingerprint density at radius 1 is 1.04 bits per heavy atom. The van der Waals surface area contributed by atoms with Crippen LogP contribution >= 0.6 is 23.5 Å². The number of fused-ring (bicyclic) bond motifs is 1. The standard InChI is InChI=1S/C15H24N2O4S2.H2O4S/c1-7(2)20-13(18)10(14(19)21-8(3)4)15-22-11-12(23-15)17-9(5)6-16-11;1-5(2,3)4/h7-9,11-12,16-17H,6H2,1-5H3;(H2,1,2,3,4). The normalized spacial score (nSPS) is 24.3. The molecule has 2 fully saturated rings. The first-order valence-corrected chi connectivity index (χ1v) is 11.6. The van der Waals surface area contributed by atoms with Crippen LogP contribution in [0.1, 0.15) is 34.6 Å². The fourth-order valence-corrected chi connectivity index (χ4v) is 5.31. The number of carbonyl (C=O) groups is 2. The number of nitrogens with one attached hydrogen (secondary N) is 2. The highest BCUT2D eigenvalue weighted by molar-refractivity contribution is 8.26. The molecule has 0 aromatic rings. The van der Waals surface area contributed by atoms with Crippen LogP contribution in [0.3, 0.4) is 0 Å². The molecule has 2 saturated heterocycles. The van der Waals surface area contributed by atoms with Crippen molar-refractivity contribution in [3.63, 3.8) is 0 Å². The Hall–Kier alpha value is -0.830. The molecule has 0 spiro atoms. The maximum Gasteiger partial charge on any atom is 0.394 e. The highest BCUT2D eigenvalue weighted by Gasteiger charge is 2.41. The maximum atomic E-state index is 12.4. The van der Waals surface area contributed by atoms with Crippen LogP contribution < -0.4 is 10.6 Å². The molecular weight excluding hydrogens is 432 g/mol. The van der Waals surface area contributed by atoms with E-state index in [1.165, 1.54) is 23.5 Å². The van der Waals surface area contributed by atoms with E-state index in [0.29, 0.717) is 10.3 Å². The van der Waals surface area contributed by atoms with Crippen LogP contribution in [0.2, 0.25) is 0 Å². The van der Waals surface area contributed by atoms with Crippen LogP contribution in [-0.2, 0) is 29.5 Å². The average molecular weight is 459 g/mol. The summed E-state index contributed by atoms with van der Waals surface area (Å²) in [5, 5.41) is 7.12. The summed E-state index contributed by atoms with van der Waals surface area (Å²) < 4.78 is 42.7. The van der Waals surface area contributed by atoms with E-state index in [0.717, 1.165) is 6.54 Å². The van der Waals surface area contributed by atoms with E-state index in [9.17, 15) is 9.59 Å². The van der Waals surface area contributed by atoms with Gasteiger partial charge in [0.15, 0.2) is 5.57 Å². The number of hydrogen-bond acceptors (Lipinski definition) is 10. The summed E-state index contributed by atoms with van der Waals surface area (Å²) in [6, 6.07) is 0.345. The maximum absolute atomic E-state index is 12.4. The van der Waals surface area contributed by atoms with Crippen LogP contribution in [-0.4, -0.2) is 65.0 Å². The van der Waals surface area contributed by atoms with Gasteiger partial charge in [-0.15, -0.1) is 0 Å². The third kappa shape index (κ3) is 9.11. The van der Waals surface area contributed by atoms with Crippen LogP contribution in [0.15, 0.2) is 9.81 Å². The van der Waals surface area contributed by atoms with E-state index in [4.69, 9.17) is 27.0 Å². The van der Waals surface area contributed by atoms with Crippen molar-refractivity contribution in [2.75, 3.05) is 6.54 Å². The number of hydrogen-bond donors (Lipinski definition) is 4. The zero-order valence-corrected chi connectivity index (χ0v) is 18.6. The molecule has 2 rings (SSSR count). The van der Waals surface area contributed by atoms with Gasteiger partial charge in [0.2, 0.25) is 0 Å². The number of esters is 2. The first kappa shape index (κ1) is 25.2. The molecule has 0 aliphatic carbocycles. The van der Waals surface area contributed by atoms with Crippen molar-refractivity contribution in [2.24, 2.45) is 0 Å². The molecule has 0 radical (unpaired) electrons. The quantitative estimate of drug-likeness (QED) is 0.157. The van der Waals surface area contributed by atoms with E-state index >= 15 is 0 Å². The lowest BCUT2D eigenvalue weighted by molar-refractivity contribution is -0.150. The van der Waals surface area contributed by atoms with Gasteiger partial charge in [0, 0.05) is 12.6 Å². The summed E-state index contributed by atoms with van der Waals surface area (Å²) in [7, 11) is -4.67. The summed E-state index contributed by atoms with van der Waals surface area (Å²) in [4.78, 5) is 24.8. The van der Waals surface area contributed by atoms with E-state index in [1.54, 1.807) is 27.7 Å². The van der Waals surface area contributed by atoms with Crippen LogP contribution in [0, 0.1) is 0 Å². The molecule has 2 aliphatic rings. The van der Waals surface area contributed by atoms with Crippen LogP contribution in [0.5, 0.6) is 0 Å². The molecule has 10 nitrogen and oxygen atoms in total. The zero-order chi connectivity index (χ0) is 21.6. The fraction of sp³-hybridized carbons (Fsp3) is 0.733. The van der Waals surface area contributed by atoms with Gasteiger partial charge in [-0.05, 0) is 34.6 Å². The predicted molar refractivity (Wildman–Crippen MR) is 107 cm³/mol. The first-order valence-electron chi connectivity index (χ1n) is 8.46. The monoisotopic (exact) mass is 458 g/mol. The predicted octanol–water partition coefficient (Wildman–Crippen LogP) is 1.16. The van der Waals surface area contributed by atoms with Gasteiger partial charge in [0.1, 0.15) is 0 Å². The average Bonchev–Trinajstić information content (AvgIpc) is 2.86. The topological polar surface area (TPSA) is 151 Å². The Kier molecular flexibility index (Phi) is 9.73. The molecule has 0 amide bonds. The minimum atomic E-state index is -4.67. The van der Waals surface area contributed by atoms with Crippen molar-refractivity contribution < 1.29 is 36.6 Å². The second-order valence-corrected chi connectivity index (χ2v) is 10.0. The summed E-state index contributed by atoms with van der Waals surface area (Å²) in [6.45, 7) is 9.98. The van der Waals surface area contributed by atoms with Gasteiger partial charge in [-0.25, -0.2) is 9.59 Å². The SMILES string of the molecule is CC1CNC2SC(=C(C(=O)OC(C)C)C(=O)OC(C)C)SC2N1.O=S(=O)(O)O. The molecule has 13 heteroatoms. The summed E-state index contributed by atoms with van der Waals surface area (Å²) in [6.07, 6.45) is -0.584. The molecule has 0 aromatic carbocycles. The summed E-state index contributed by atoms with van der Waals surface area (Å²) in [5.74, 6) is -1.24. The highest BCUT2D eigenvalue weighted by Crippen LogP contribution is 2.48. The number of rotatable bonds is 4. The zero-order valence-electron chi connectivity index (χ0n) is 16.2. The molecule has 3 atom stereocenters. The van der Waals surface area contributed by atoms with Gasteiger partial charge in [-0.2, -0.15) is 8.42 Å². The molecule has 2 heterocycles. The number of thioether (sulfide) groups is 2. The molecule has 0 saturated carbocycles. The van der Waals surface area contributed by atoms with Crippen molar-refractivity contribution in [1.82, 2.24) is 10.6 Å². The molecule has 4 N–H and O–H groups in total. The lowest BCUT2D eigenvalue weighted by Gasteiger charge is -2.30. The minimum Gasteiger partial charge on any atom is -0.459 e. The van der Waals surface area contributed by atoms with Gasteiger partial charge in [-0.3, -0.25) is 14.4 Å². The van der Waals surface area contributed by atoms with E-state index in [2.05, 4.69) is 17.6 Å². The smallest absolute Gasteiger partial charge is 0.394 e. The first-order chi connectivity index (χ1) is 12.8. The van der Waals surface area contributed by atoms with Crippen molar-refractivity contribution in [3.8, 4) is 0 Å². The van der Waals surface area contributed by atoms with E-state index < -0.39 is 22.3 Å². The molecule has 2 aliphatic heterocycles. The van der Waals surface area contributed by atoms with Crippen LogP contribution in [0.25, 0.3) is 0 Å². The number of ether oxygens (including phenoxy) is 2. The third-order valence-electron chi connectivity index (χ3n) is 3.11. The largest absolute Gasteiger partial charge is 0.459 e. The van der Waals surface area contributed by atoms with Gasteiger partial charge >= 0.3 is 22.3 Å². The van der Waals surface area contributed by atoms with E-state index in [-0.39, 0.29) is 28.5 Å². The summed E-state index contributed by atoms with van der Waals surface area (Å²) in [5.41, 5.74) is 0.00746. The van der Waals surface area contributed by atoms with Crippen molar-refractivity contribution >= 4 is 45.9 Å². The Labute approximate surface area is 173 Å². The van der Waals surface area contributed by atoms with Gasteiger partial charge in [0.05, 0.1) is 27.2 Å². The second kappa shape index (κ2) is 10.8. The molecule has 3 unspecified atom stereocenters. The number of piperazine rings is 1. The van der Waals surface area contributed by atoms with Gasteiger partial charge in [0.25, 0.3) is 0 Å². The Bertz CT molecular complexity index is 676. The molecule has 0 aromatic heterocycles. The van der Waals surface area contributed by atoms with Crippen molar-refractivity contribution in [3.05, 3.63) is 9.81 Å². The van der Waals surface area contributed by atoms with Crippen molar-refractivity contribution in [2.45, 2.75) is 63.6 Å². The third-order valence-corrected chi connectivity index (χ3v) is 6.06. The second-order valence-electron chi connectivity index (χ2n) is 6.57. The lowest BCUT2D eigenvalue weighted by Crippen LogP contribution is -2.55. The van der Waals surface area contributed by atoms with E-state index in [1.807, 2.05) is 0 Å². The Balaban J connectivity index is 0.000000696. The van der Waals surface area contributed by atoms with Crippen molar-refractivity contribution in [1.29, 1.82) is 0 Å². The Morgan fingerprint density at radius 3 is 1.89 bits per heavy atom. The highest BCUT2D eigenvalue weighted by atomic mass is 32.3. The van der Waals surface area contributed by atoms with Gasteiger partial charge < -0.3 is 14.8 Å². The molecular formula is C15H26N2O8S3. The minimum absolute atomic E-state index is 0.00746. The fourth-order valence-electron chi connectivity index (χ4n) is 2.20. The Morgan fingerprint density at radius 2 is 1.46 bits per heavy atom. The molecule has 0 bridgehead atoms. The summed E-state index contributed by atoms with van der Waals surface area (Å²) >= 11 is 2.97.